The molecule has 1 N–H and O–H groups in total. The fourth-order valence-electron chi connectivity index (χ4n) is 2.21. The average Bonchev–Trinajstić information content (AvgIpc) is 3.10. The van der Waals surface area contributed by atoms with Gasteiger partial charge >= 0.3 is 0 Å². The molecule has 1 aromatic carbocycles. The highest BCUT2D eigenvalue weighted by atomic mass is 15.0. The van der Waals surface area contributed by atoms with E-state index in [1.54, 1.807) is 0 Å². The minimum absolute atomic E-state index is 0.774. The van der Waals surface area contributed by atoms with Crippen molar-refractivity contribution in [1.82, 2.24) is 9.88 Å². The van der Waals surface area contributed by atoms with Crippen LogP contribution in [0.4, 0.5) is 0 Å². The van der Waals surface area contributed by atoms with E-state index in [0.29, 0.717) is 0 Å². The Morgan fingerprint density at radius 2 is 2.24 bits per heavy atom. The Kier molecular flexibility index (Phi) is 2.73. The molecule has 2 aromatic rings. The first-order valence-corrected chi connectivity index (χ1v) is 6.29. The molecule has 1 heterocycles. The standard InChI is InChI=1S/C15H18N2/c1-2-8-17-9-7-13-10-12(3-6-15(13)17)11-16-14-4-5-14/h2-3,6-7,9-10,14,16H,1,4-5,8,11H2. The fourth-order valence-corrected chi connectivity index (χ4v) is 2.21. The van der Waals surface area contributed by atoms with Crippen LogP contribution in [0.25, 0.3) is 10.9 Å². The van der Waals surface area contributed by atoms with Gasteiger partial charge in [-0.1, -0.05) is 12.1 Å². The molecule has 17 heavy (non-hydrogen) atoms. The van der Waals surface area contributed by atoms with Crippen molar-refractivity contribution in [2.24, 2.45) is 0 Å². The predicted octanol–water partition coefficient (Wildman–Crippen LogP) is 3.08. The van der Waals surface area contributed by atoms with E-state index < -0.39 is 0 Å². The zero-order valence-electron chi connectivity index (χ0n) is 10.0. The minimum atomic E-state index is 0.774. The summed E-state index contributed by atoms with van der Waals surface area (Å²) in [5.41, 5.74) is 2.67. The number of fused-ring (bicyclic) bond motifs is 1. The van der Waals surface area contributed by atoms with E-state index in [1.807, 2.05) is 6.08 Å². The predicted molar refractivity (Wildman–Crippen MR) is 72.0 cm³/mol. The first-order valence-electron chi connectivity index (χ1n) is 6.29. The van der Waals surface area contributed by atoms with E-state index in [9.17, 15) is 0 Å². The third kappa shape index (κ3) is 2.27. The van der Waals surface area contributed by atoms with Crippen molar-refractivity contribution in [3.8, 4) is 0 Å². The number of rotatable bonds is 5. The largest absolute Gasteiger partial charge is 0.344 e. The highest BCUT2D eigenvalue weighted by Crippen LogP contribution is 2.21. The number of nitrogens with zero attached hydrogens (tertiary/aromatic N) is 1. The molecule has 0 amide bonds. The molecule has 3 rings (SSSR count). The molecule has 0 saturated heterocycles. The van der Waals surface area contributed by atoms with Gasteiger partial charge in [-0.25, -0.2) is 0 Å². The smallest absolute Gasteiger partial charge is 0.0483 e. The number of hydrogen-bond donors (Lipinski definition) is 1. The third-order valence-corrected chi connectivity index (χ3v) is 3.33. The Morgan fingerprint density at radius 3 is 3.00 bits per heavy atom. The number of hydrogen-bond acceptors (Lipinski definition) is 1. The highest BCUT2D eigenvalue weighted by molar-refractivity contribution is 5.80. The number of nitrogens with one attached hydrogen (secondary N) is 1. The second-order valence-electron chi connectivity index (χ2n) is 4.81. The van der Waals surface area contributed by atoms with E-state index >= 15 is 0 Å². The second-order valence-corrected chi connectivity index (χ2v) is 4.81. The molecular formula is C15H18N2. The lowest BCUT2D eigenvalue weighted by Crippen LogP contribution is -2.15. The first-order chi connectivity index (χ1) is 8.36. The minimum Gasteiger partial charge on any atom is -0.344 e. The van der Waals surface area contributed by atoms with Crippen molar-refractivity contribution >= 4 is 10.9 Å². The van der Waals surface area contributed by atoms with Crippen LogP contribution in [-0.2, 0) is 13.1 Å². The van der Waals surface area contributed by atoms with Crippen LogP contribution in [0.1, 0.15) is 18.4 Å². The Hall–Kier alpha value is -1.54. The summed E-state index contributed by atoms with van der Waals surface area (Å²) in [6, 6.07) is 9.67. The zero-order valence-corrected chi connectivity index (χ0v) is 10.0. The summed E-state index contributed by atoms with van der Waals surface area (Å²) in [5, 5.41) is 4.87. The van der Waals surface area contributed by atoms with Gasteiger partial charge in [0.05, 0.1) is 0 Å². The van der Waals surface area contributed by atoms with E-state index in [4.69, 9.17) is 0 Å². The zero-order chi connectivity index (χ0) is 11.7. The van der Waals surface area contributed by atoms with Gasteiger partial charge in [-0.2, -0.15) is 0 Å². The van der Waals surface area contributed by atoms with Gasteiger partial charge in [0.2, 0.25) is 0 Å². The van der Waals surface area contributed by atoms with Crippen molar-refractivity contribution in [2.75, 3.05) is 0 Å². The van der Waals surface area contributed by atoms with Gasteiger partial charge in [0.25, 0.3) is 0 Å². The molecule has 1 aliphatic carbocycles. The molecule has 0 atom stereocenters. The highest BCUT2D eigenvalue weighted by Gasteiger charge is 2.19. The molecular weight excluding hydrogens is 208 g/mol. The van der Waals surface area contributed by atoms with E-state index in [0.717, 1.165) is 19.1 Å². The van der Waals surface area contributed by atoms with Crippen LogP contribution in [0.2, 0.25) is 0 Å². The quantitative estimate of drug-likeness (QED) is 0.775. The van der Waals surface area contributed by atoms with Crippen LogP contribution >= 0.6 is 0 Å². The van der Waals surface area contributed by atoms with Gasteiger partial charge in [-0.3, -0.25) is 0 Å². The summed E-state index contributed by atoms with van der Waals surface area (Å²) in [5.74, 6) is 0. The van der Waals surface area contributed by atoms with E-state index in [-0.39, 0.29) is 0 Å². The number of allylic oxidation sites excluding steroid dienone is 1. The maximum Gasteiger partial charge on any atom is 0.0483 e. The molecule has 2 nitrogen and oxygen atoms in total. The van der Waals surface area contributed by atoms with Crippen LogP contribution in [0, 0.1) is 0 Å². The van der Waals surface area contributed by atoms with Crippen LogP contribution in [0.3, 0.4) is 0 Å². The molecule has 1 saturated carbocycles. The Bertz CT molecular complexity index is 535. The van der Waals surface area contributed by atoms with Gasteiger partial charge in [-0.15, -0.1) is 6.58 Å². The van der Waals surface area contributed by atoms with Gasteiger partial charge in [0.1, 0.15) is 0 Å². The summed E-state index contributed by atoms with van der Waals surface area (Å²) < 4.78 is 2.22. The lowest BCUT2D eigenvalue weighted by Gasteiger charge is -2.05. The van der Waals surface area contributed by atoms with Crippen LogP contribution in [0.15, 0.2) is 43.1 Å². The fraction of sp³-hybridized carbons (Fsp3) is 0.333. The number of aromatic nitrogens is 1. The third-order valence-electron chi connectivity index (χ3n) is 3.33. The lowest BCUT2D eigenvalue weighted by atomic mass is 10.1. The maximum atomic E-state index is 3.78. The lowest BCUT2D eigenvalue weighted by molar-refractivity contribution is 0.688. The molecule has 0 aliphatic heterocycles. The van der Waals surface area contributed by atoms with Crippen molar-refractivity contribution in [2.45, 2.75) is 32.0 Å². The normalized spacial score (nSPS) is 15.3. The van der Waals surface area contributed by atoms with Gasteiger partial charge in [0.15, 0.2) is 0 Å². The average molecular weight is 226 g/mol. The SMILES string of the molecule is C=CCn1ccc2cc(CNC3CC3)ccc21. The molecule has 1 aliphatic rings. The molecule has 0 spiro atoms. The monoisotopic (exact) mass is 226 g/mol. The summed E-state index contributed by atoms with van der Waals surface area (Å²) in [7, 11) is 0. The van der Waals surface area contributed by atoms with Crippen molar-refractivity contribution in [3.63, 3.8) is 0 Å². The second kappa shape index (κ2) is 4.38. The van der Waals surface area contributed by atoms with Gasteiger partial charge < -0.3 is 9.88 Å². The molecule has 0 radical (unpaired) electrons. The van der Waals surface area contributed by atoms with E-state index in [1.165, 1.54) is 29.3 Å². The summed E-state index contributed by atoms with van der Waals surface area (Å²) in [6.07, 6.45) is 6.75. The Labute approximate surface area is 102 Å². The molecule has 0 unspecified atom stereocenters. The topological polar surface area (TPSA) is 17.0 Å². The van der Waals surface area contributed by atoms with Crippen LogP contribution in [0.5, 0.6) is 0 Å². The van der Waals surface area contributed by atoms with Gasteiger partial charge in [0, 0.05) is 30.8 Å². The molecule has 1 fully saturated rings. The molecule has 2 heteroatoms. The summed E-state index contributed by atoms with van der Waals surface area (Å²) >= 11 is 0. The Balaban J connectivity index is 1.82. The molecule has 88 valence electrons. The summed E-state index contributed by atoms with van der Waals surface area (Å²) in [4.78, 5) is 0. The Morgan fingerprint density at radius 1 is 1.35 bits per heavy atom. The van der Waals surface area contributed by atoms with Crippen molar-refractivity contribution < 1.29 is 0 Å². The van der Waals surface area contributed by atoms with Crippen molar-refractivity contribution in [1.29, 1.82) is 0 Å². The van der Waals surface area contributed by atoms with Crippen LogP contribution < -0.4 is 5.32 Å². The van der Waals surface area contributed by atoms with Crippen LogP contribution in [-0.4, -0.2) is 10.6 Å². The molecule has 1 aromatic heterocycles. The summed E-state index contributed by atoms with van der Waals surface area (Å²) in [6.45, 7) is 5.66. The molecule has 0 bridgehead atoms. The van der Waals surface area contributed by atoms with E-state index in [2.05, 4.69) is 46.9 Å². The first kappa shape index (κ1) is 10.6. The number of benzene rings is 1. The van der Waals surface area contributed by atoms with Crippen molar-refractivity contribution in [3.05, 3.63) is 48.7 Å². The van der Waals surface area contributed by atoms with Gasteiger partial charge in [-0.05, 0) is 42.0 Å². The maximum absolute atomic E-state index is 3.78.